The second kappa shape index (κ2) is 7.28. The van der Waals surface area contributed by atoms with Gasteiger partial charge in [0.1, 0.15) is 5.82 Å². The van der Waals surface area contributed by atoms with E-state index in [1.807, 2.05) is 12.3 Å². The normalized spacial score (nSPS) is 15.6. The fourth-order valence-corrected chi connectivity index (χ4v) is 2.31. The molecule has 5 nitrogen and oxygen atoms in total. The van der Waals surface area contributed by atoms with Gasteiger partial charge in [-0.05, 0) is 18.9 Å². The van der Waals surface area contributed by atoms with E-state index in [0.29, 0.717) is 0 Å². The van der Waals surface area contributed by atoms with Crippen molar-refractivity contribution in [3.63, 3.8) is 0 Å². The summed E-state index contributed by atoms with van der Waals surface area (Å²) in [6.07, 6.45) is 4.10. The third kappa shape index (κ3) is 3.80. The fourth-order valence-electron chi connectivity index (χ4n) is 2.31. The van der Waals surface area contributed by atoms with Gasteiger partial charge < -0.3 is 14.5 Å². The summed E-state index contributed by atoms with van der Waals surface area (Å²) in [5.74, 6) is 1.87. The van der Waals surface area contributed by atoms with E-state index in [-0.39, 0.29) is 0 Å². The van der Waals surface area contributed by atoms with Gasteiger partial charge in [0.05, 0.1) is 13.2 Å². The molecule has 1 saturated heterocycles. The molecule has 5 heteroatoms. The van der Waals surface area contributed by atoms with Crippen LogP contribution in [-0.4, -0.2) is 49.4 Å². The van der Waals surface area contributed by atoms with Crippen molar-refractivity contribution in [3.05, 3.63) is 12.3 Å². The lowest BCUT2D eigenvalue weighted by Gasteiger charge is -2.29. The van der Waals surface area contributed by atoms with Crippen molar-refractivity contribution in [1.82, 2.24) is 9.97 Å². The summed E-state index contributed by atoms with van der Waals surface area (Å²) in [6.45, 7) is 9.81. The van der Waals surface area contributed by atoms with Crippen LogP contribution in [0.2, 0.25) is 0 Å². The molecule has 2 rings (SSSR count). The van der Waals surface area contributed by atoms with Crippen molar-refractivity contribution >= 4 is 11.8 Å². The van der Waals surface area contributed by atoms with Gasteiger partial charge in [-0.2, -0.15) is 4.98 Å². The number of aromatic nitrogens is 2. The van der Waals surface area contributed by atoms with Gasteiger partial charge in [-0.25, -0.2) is 4.98 Å². The molecule has 0 amide bonds. The van der Waals surface area contributed by atoms with Crippen LogP contribution in [0, 0.1) is 0 Å². The second-order valence-electron chi connectivity index (χ2n) is 4.80. The molecule has 0 atom stereocenters. The van der Waals surface area contributed by atoms with E-state index in [1.165, 1.54) is 0 Å². The molecule has 106 valence electrons. The zero-order valence-electron chi connectivity index (χ0n) is 12.0. The molecule has 1 aliphatic heterocycles. The van der Waals surface area contributed by atoms with Gasteiger partial charge in [0, 0.05) is 32.4 Å². The van der Waals surface area contributed by atoms with Crippen LogP contribution in [0.3, 0.4) is 0 Å². The van der Waals surface area contributed by atoms with Crippen LogP contribution in [0.25, 0.3) is 0 Å². The molecular weight excluding hydrogens is 240 g/mol. The smallest absolute Gasteiger partial charge is 0.227 e. The lowest BCUT2D eigenvalue weighted by atomic mass is 10.3. The monoisotopic (exact) mass is 264 g/mol. The van der Waals surface area contributed by atoms with E-state index in [4.69, 9.17) is 9.72 Å². The molecule has 1 aromatic heterocycles. The van der Waals surface area contributed by atoms with Crippen LogP contribution in [-0.2, 0) is 4.74 Å². The SMILES string of the molecule is CCCN(CCC)c1nccc(N2CCOCC2)n1. The van der Waals surface area contributed by atoms with Gasteiger partial charge in [-0.3, -0.25) is 0 Å². The molecule has 1 aromatic rings. The van der Waals surface area contributed by atoms with Crippen molar-refractivity contribution in [2.24, 2.45) is 0 Å². The Hall–Kier alpha value is -1.36. The summed E-state index contributed by atoms with van der Waals surface area (Å²) in [7, 11) is 0. The highest BCUT2D eigenvalue weighted by atomic mass is 16.5. The van der Waals surface area contributed by atoms with Gasteiger partial charge in [0.15, 0.2) is 0 Å². The minimum atomic E-state index is 0.785. The van der Waals surface area contributed by atoms with E-state index >= 15 is 0 Å². The Labute approximate surface area is 115 Å². The van der Waals surface area contributed by atoms with Crippen LogP contribution in [0.1, 0.15) is 26.7 Å². The number of hydrogen-bond acceptors (Lipinski definition) is 5. The third-order valence-corrected chi connectivity index (χ3v) is 3.23. The Morgan fingerprint density at radius 3 is 2.53 bits per heavy atom. The van der Waals surface area contributed by atoms with Crippen LogP contribution < -0.4 is 9.80 Å². The van der Waals surface area contributed by atoms with Gasteiger partial charge >= 0.3 is 0 Å². The summed E-state index contributed by atoms with van der Waals surface area (Å²) in [5, 5.41) is 0. The maximum Gasteiger partial charge on any atom is 0.227 e. The number of anilines is 2. The molecule has 0 spiro atoms. The lowest BCUT2D eigenvalue weighted by Crippen LogP contribution is -2.37. The van der Waals surface area contributed by atoms with Crippen LogP contribution in [0.4, 0.5) is 11.8 Å². The molecule has 1 fully saturated rings. The van der Waals surface area contributed by atoms with Crippen LogP contribution in [0.5, 0.6) is 0 Å². The highest BCUT2D eigenvalue weighted by molar-refractivity contribution is 5.44. The highest BCUT2D eigenvalue weighted by Gasteiger charge is 2.14. The van der Waals surface area contributed by atoms with Gasteiger partial charge in [0.2, 0.25) is 5.95 Å². The predicted molar refractivity (Wildman–Crippen MR) is 77.9 cm³/mol. The Morgan fingerprint density at radius 2 is 1.89 bits per heavy atom. The molecule has 0 aromatic carbocycles. The van der Waals surface area contributed by atoms with Crippen LogP contribution in [0.15, 0.2) is 12.3 Å². The molecule has 1 aliphatic rings. The number of nitrogens with zero attached hydrogens (tertiary/aromatic N) is 4. The van der Waals surface area contributed by atoms with E-state index in [0.717, 1.165) is 64.0 Å². The van der Waals surface area contributed by atoms with E-state index in [9.17, 15) is 0 Å². The van der Waals surface area contributed by atoms with E-state index in [1.54, 1.807) is 0 Å². The highest BCUT2D eigenvalue weighted by Crippen LogP contribution is 2.16. The largest absolute Gasteiger partial charge is 0.378 e. The van der Waals surface area contributed by atoms with Crippen molar-refractivity contribution in [1.29, 1.82) is 0 Å². The Bertz CT molecular complexity index is 373. The van der Waals surface area contributed by atoms with Crippen molar-refractivity contribution in [2.45, 2.75) is 26.7 Å². The number of ether oxygens (including phenoxy) is 1. The molecule has 0 aliphatic carbocycles. The molecule has 19 heavy (non-hydrogen) atoms. The lowest BCUT2D eigenvalue weighted by molar-refractivity contribution is 0.122. The van der Waals surface area contributed by atoms with Gasteiger partial charge in [-0.1, -0.05) is 13.8 Å². The molecule has 0 saturated carbocycles. The summed E-state index contributed by atoms with van der Waals surface area (Å²) in [5.41, 5.74) is 0. The third-order valence-electron chi connectivity index (χ3n) is 3.23. The average Bonchev–Trinajstić information content (AvgIpc) is 2.48. The standard InChI is InChI=1S/C14H24N4O/c1-3-7-18(8-4-2)14-15-6-5-13(16-14)17-9-11-19-12-10-17/h5-6H,3-4,7-12H2,1-2H3. The van der Waals surface area contributed by atoms with Gasteiger partial charge in [0.25, 0.3) is 0 Å². The maximum absolute atomic E-state index is 5.38. The quantitative estimate of drug-likeness (QED) is 0.785. The second-order valence-corrected chi connectivity index (χ2v) is 4.80. The average molecular weight is 264 g/mol. The topological polar surface area (TPSA) is 41.5 Å². The van der Waals surface area contributed by atoms with Crippen molar-refractivity contribution in [2.75, 3.05) is 49.2 Å². The fraction of sp³-hybridized carbons (Fsp3) is 0.714. The first-order valence-corrected chi connectivity index (χ1v) is 7.25. The minimum absolute atomic E-state index is 0.785. The minimum Gasteiger partial charge on any atom is -0.378 e. The zero-order valence-corrected chi connectivity index (χ0v) is 12.0. The van der Waals surface area contributed by atoms with E-state index in [2.05, 4.69) is 28.6 Å². The summed E-state index contributed by atoms with van der Waals surface area (Å²) >= 11 is 0. The first-order valence-electron chi connectivity index (χ1n) is 7.25. The molecule has 0 bridgehead atoms. The van der Waals surface area contributed by atoms with Gasteiger partial charge in [-0.15, -0.1) is 0 Å². The predicted octanol–water partition coefficient (Wildman–Crippen LogP) is 1.94. The van der Waals surface area contributed by atoms with Crippen LogP contribution >= 0.6 is 0 Å². The Morgan fingerprint density at radius 1 is 1.21 bits per heavy atom. The number of rotatable bonds is 6. The first kappa shape index (κ1) is 14.1. The summed E-state index contributed by atoms with van der Waals surface area (Å²) in [6, 6.07) is 1.99. The molecular formula is C14H24N4O. The Balaban J connectivity index is 2.12. The first-order chi connectivity index (χ1) is 9.35. The maximum atomic E-state index is 5.38. The summed E-state index contributed by atoms with van der Waals surface area (Å²) < 4.78 is 5.38. The zero-order chi connectivity index (χ0) is 13.5. The molecule has 0 N–H and O–H groups in total. The molecule has 2 heterocycles. The summed E-state index contributed by atoms with van der Waals surface area (Å²) in [4.78, 5) is 13.7. The molecule has 0 radical (unpaired) electrons. The number of hydrogen-bond donors (Lipinski definition) is 0. The molecule has 0 unspecified atom stereocenters. The van der Waals surface area contributed by atoms with Crippen molar-refractivity contribution in [3.8, 4) is 0 Å². The Kier molecular flexibility index (Phi) is 5.39. The van der Waals surface area contributed by atoms with E-state index < -0.39 is 0 Å². The van der Waals surface area contributed by atoms with Crippen molar-refractivity contribution < 1.29 is 4.74 Å². The number of morpholine rings is 1.